The summed E-state index contributed by atoms with van der Waals surface area (Å²) in [5, 5.41) is 0. The van der Waals surface area contributed by atoms with Crippen LogP contribution >= 0.6 is 0 Å². The zero-order chi connectivity index (χ0) is 17.0. The number of fused-ring (bicyclic) bond motifs is 4. The van der Waals surface area contributed by atoms with Gasteiger partial charge in [-0.2, -0.15) is 0 Å². The van der Waals surface area contributed by atoms with E-state index in [4.69, 9.17) is 9.47 Å². The van der Waals surface area contributed by atoms with Crippen LogP contribution < -0.4 is 0 Å². The first-order valence-electron chi connectivity index (χ1n) is 9.67. The molecule has 10 atom stereocenters. The maximum Gasteiger partial charge on any atom is 0.306 e. The number of carbonyl (C=O) groups is 2. The van der Waals surface area contributed by atoms with E-state index in [-0.39, 0.29) is 46.9 Å². The first-order chi connectivity index (χ1) is 11.3. The average Bonchev–Trinajstić information content (AvgIpc) is 3.29. The smallest absolute Gasteiger partial charge is 0.306 e. The molecule has 0 N–H and O–H groups in total. The quantitative estimate of drug-likeness (QED) is 0.505. The highest BCUT2D eigenvalue weighted by molar-refractivity contribution is 5.87. The number of rotatable bonds is 0. The van der Waals surface area contributed by atoms with Crippen molar-refractivity contribution in [1.29, 1.82) is 0 Å². The molecule has 0 unspecified atom stereocenters. The van der Waals surface area contributed by atoms with Crippen LogP contribution in [0.5, 0.6) is 0 Å². The van der Waals surface area contributed by atoms with Crippen LogP contribution in [0.15, 0.2) is 0 Å². The Morgan fingerprint density at radius 1 is 1.08 bits per heavy atom. The van der Waals surface area contributed by atoms with Gasteiger partial charge in [0.15, 0.2) is 0 Å². The fourth-order valence-electron chi connectivity index (χ4n) is 7.59. The second-order valence-electron chi connectivity index (χ2n) is 9.62. The van der Waals surface area contributed by atoms with Gasteiger partial charge in [0, 0.05) is 29.6 Å². The van der Waals surface area contributed by atoms with Crippen LogP contribution in [0.1, 0.15) is 53.4 Å². The number of epoxide rings is 1. The number of ketones is 1. The lowest BCUT2D eigenvalue weighted by Crippen LogP contribution is -2.69. The highest BCUT2D eigenvalue weighted by Crippen LogP contribution is 2.71. The zero-order valence-electron chi connectivity index (χ0n) is 15.1. The van der Waals surface area contributed by atoms with E-state index in [0.29, 0.717) is 36.4 Å². The van der Waals surface area contributed by atoms with Gasteiger partial charge in [0.05, 0.1) is 12.2 Å². The molecule has 0 aromatic rings. The lowest BCUT2D eigenvalue weighted by atomic mass is 9.39. The van der Waals surface area contributed by atoms with Crippen molar-refractivity contribution in [2.45, 2.75) is 71.7 Å². The van der Waals surface area contributed by atoms with Crippen LogP contribution in [-0.4, -0.2) is 30.1 Å². The average molecular weight is 332 g/mol. The second-order valence-corrected chi connectivity index (χ2v) is 9.62. The van der Waals surface area contributed by atoms with Gasteiger partial charge in [-0.25, -0.2) is 0 Å². The van der Waals surface area contributed by atoms with Gasteiger partial charge in [-0.05, 0) is 36.5 Å². The molecule has 0 spiro atoms. The molecule has 0 aromatic carbocycles. The predicted molar refractivity (Wildman–Crippen MR) is 87.0 cm³/mol. The molecule has 5 rings (SSSR count). The van der Waals surface area contributed by atoms with Gasteiger partial charge in [0.2, 0.25) is 0 Å². The third-order valence-electron chi connectivity index (χ3n) is 8.86. The molecule has 2 heterocycles. The number of carbonyl (C=O) groups excluding carboxylic acids is 2. The maximum absolute atomic E-state index is 13.2. The SMILES string of the molecule is C[C@H]1[C@H]2O[C@H]2[C@@H]2[C@@]3(C)C(=O)CC[C@@H](C)[C@@H]3C[C@H]3OC(=O)C[C@@H]1[C@@]23C. The standard InChI is InChI=1S/C20H28O4/c1-9-5-6-13(21)19(3)11(9)7-14-20(4)12(8-15(22)23-14)10(2)16-17(24-16)18(19)20/h9-12,14,16-18H,5-8H2,1-4H3/t9-,10-,11+,12+,14-,16-,17-,18-,19-,20-/m1/s1. The maximum atomic E-state index is 13.2. The zero-order valence-corrected chi connectivity index (χ0v) is 15.1. The van der Waals surface area contributed by atoms with Gasteiger partial charge in [-0.3, -0.25) is 9.59 Å². The van der Waals surface area contributed by atoms with Crippen LogP contribution in [0.4, 0.5) is 0 Å². The summed E-state index contributed by atoms with van der Waals surface area (Å²) in [5.41, 5.74) is -0.437. The topological polar surface area (TPSA) is 55.9 Å². The number of Topliss-reactive ketones (excluding diaryl/α,β-unsaturated/α-hetero) is 1. The second kappa shape index (κ2) is 4.44. The minimum atomic E-state index is -0.315. The molecule has 3 aliphatic carbocycles. The summed E-state index contributed by atoms with van der Waals surface area (Å²) in [5.74, 6) is 2.05. The molecule has 5 fully saturated rings. The summed E-state index contributed by atoms with van der Waals surface area (Å²) in [6.07, 6.45) is 3.38. The van der Waals surface area contributed by atoms with E-state index in [1.54, 1.807) is 0 Å². The fourth-order valence-corrected chi connectivity index (χ4v) is 7.59. The van der Waals surface area contributed by atoms with Crippen molar-refractivity contribution in [2.24, 2.45) is 40.4 Å². The summed E-state index contributed by atoms with van der Waals surface area (Å²) in [6, 6.07) is 0. The molecule has 24 heavy (non-hydrogen) atoms. The van der Waals surface area contributed by atoms with Crippen LogP contribution in [0.2, 0.25) is 0 Å². The highest BCUT2D eigenvalue weighted by atomic mass is 16.6. The third-order valence-corrected chi connectivity index (χ3v) is 8.86. The van der Waals surface area contributed by atoms with Crippen molar-refractivity contribution >= 4 is 11.8 Å². The Morgan fingerprint density at radius 3 is 2.58 bits per heavy atom. The molecule has 3 saturated carbocycles. The Kier molecular flexibility index (Phi) is 2.84. The van der Waals surface area contributed by atoms with Crippen molar-refractivity contribution in [1.82, 2.24) is 0 Å². The number of ether oxygens (including phenoxy) is 2. The third kappa shape index (κ3) is 1.55. The summed E-state index contributed by atoms with van der Waals surface area (Å²) < 4.78 is 12.1. The molecule has 132 valence electrons. The van der Waals surface area contributed by atoms with Crippen LogP contribution in [-0.2, 0) is 19.1 Å². The Balaban J connectivity index is 1.68. The van der Waals surface area contributed by atoms with E-state index >= 15 is 0 Å². The molecule has 5 aliphatic rings. The lowest BCUT2D eigenvalue weighted by molar-refractivity contribution is -0.234. The first-order valence-corrected chi connectivity index (χ1v) is 9.67. The molecule has 4 nitrogen and oxygen atoms in total. The van der Waals surface area contributed by atoms with Gasteiger partial charge in [0.1, 0.15) is 11.9 Å². The largest absolute Gasteiger partial charge is 0.462 e. The van der Waals surface area contributed by atoms with Crippen LogP contribution in [0.3, 0.4) is 0 Å². The van der Waals surface area contributed by atoms with Gasteiger partial charge >= 0.3 is 5.97 Å². The van der Waals surface area contributed by atoms with E-state index in [1.165, 1.54) is 0 Å². The minimum Gasteiger partial charge on any atom is -0.462 e. The molecule has 0 bridgehead atoms. The van der Waals surface area contributed by atoms with E-state index in [9.17, 15) is 9.59 Å². The van der Waals surface area contributed by atoms with E-state index in [1.807, 2.05) is 0 Å². The molecular weight excluding hydrogens is 304 g/mol. The fraction of sp³-hybridized carbons (Fsp3) is 0.900. The Labute approximate surface area is 143 Å². The van der Waals surface area contributed by atoms with E-state index < -0.39 is 0 Å². The van der Waals surface area contributed by atoms with Crippen LogP contribution in [0, 0.1) is 40.4 Å². The van der Waals surface area contributed by atoms with Crippen molar-refractivity contribution in [2.75, 3.05) is 0 Å². The molecular formula is C20H28O4. The van der Waals surface area contributed by atoms with Crippen molar-refractivity contribution in [3.05, 3.63) is 0 Å². The van der Waals surface area contributed by atoms with E-state index in [0.717, 1.165) is 12.8 Å². The van der Waals surface area contributed by atoms with Crippen molar-refractivity contribution in [3.63, 3.8) is 0 Å². The molecule has 0 amide bonds. The van der Waals surface area contributed by atoms with Gasteiger partial charge in [-0.1, -0.05) is 27.7 Å². The minimum absolute atomic E-state index is 0.0484. The molecule has 2 aliphatic heterocycles. The Hall–Kier alpha value is -0.900. The highest BCUT2D eigenvalue weighted by Gasteiger charge is 2.76. The summed E-state index contributed by atoms with van der Waals surface area (Å²) in [7, 11) is 0. The van der Waals surface area contributed by atoms with Gasteiger partial charge in [0.25, 0.3) is 0 Å². The van der Waals surface area contributed by atoms with Crippen molar-refractivity contribution < 1.29 is 19.1 Å². The number of esters is 1. The predicted octanol–water partition coefficient (Wildman–Crippen LogP) is 2.98. The summed E-state index contributed by atoms with van der Waals surface area (Å²) >= 11 is 0. The molecule has 0 aromatic heterocycles. The van der Waals surface area contributed by atoms with E-state index in [2.05, 4.69) is 27.7 Å². The Bertz CT molecular complexity index is 629. The Morgan fingerprint density at radius 2 is 1.83 bits per heavy atom. The van der Waals surface area contributed by atoms with Crippen molar-refractivity contribution in [3.8, 4) is 0 Å². The molecule has 4 heteroatoms. The van der Waals surface area contributed by atoms with Crippen LogP contribution in [0.25, 0.3) is 0 Å². The normalized spacial score (nSPS) is 61.3. The first kappa shape index (κ1) is 15.4. The lowest BCUT2D eigenvalue weighted by Gasteiger charge is -2.65. The number of hydrogen-bond donors (Lipinski definition) is 0. The van der Waals surface area contributed by atoms with Gasteiger partial charge < -0.3 is 9.47 Å². The molecule has 0 radical (unpaired) electrons. The monoisotopic (exact) mass is 332 g/mol. The summed E-state index contributed by atoms with van der Waals surface area (Å²) in [6.45, 7) is 9.01. The number of hydrogen-bond acceptors (Lipinski definition) is 4. The molecule has 2 saturated heterocycles. The van der Waals surface area contributed by atoms with Gasteiger partial charge in [-0.15, -0.1) is 0 Å². The summed E-state index contributed by atoms with van der Waals surface area (Å²) in [4.78, 5) is 25.4.